The van der Waals surface area contributed by atoms with Gasteiger partial charge in [0.15, 0.2) is 0 Å². The van der Waals surface area contributed by atoms with Crippen molar-refractivity contribution in [3.63, 3.8) is 0 Å². The van der Waals surface area contributed by atoms with Crippen LogP contribution in [0.15, 0.2) is 0 Å². The van der Waals surface area contributed by atoms with Crippen LogP contribution in [0, 0.1) is 0 Å². The Kier molecular flexibility index (Phi) is 4.56. The Morgan fingerprint density at radius 3 is 2.64 bits per heavy atom. The molecule has 0 unspecified atom stereocenters. The fourth-order valence-corrected chi connectivity index (χ4v) is 4.21. The summed E-state index contributed by atoms with van der Waals surface area (Å²) in [4.78, 5) is 17.6. The number of aryl methyl sites for hydroxylation is 1. The second-order valence-electron chi connectivity index (χ2n) is 7.33. The van der Waals surface area contributed by atoms with Gasteiger partial charge in [-0.2, -0.15) is 5.10 Å². The summed E-state index contributed by atoms with van der Waals surface area (Å²) >= 11 is 0. The molecule has 0 aliphatic carbocycles. The molecule has 1 aromatic rings. The number of nitrogens with zero attached hydrogens (tertiary/aromatic N) is 4. The van der Waals surface area contributed by atoms with Gasteiger partial charge < -0.3 is 14.4 Å². The molecule has 7 nitrogen and oxygen atoms in total. The molecule has 2 atom stereocenters. The van der Waals surface area contributed by atoms with E-state index in [0.29, 0.717) is 12.6 Å². The quantitative estimate of drug-likeness (QED) is 0.818. The van der Waals surface area contributed by atoms with Gasteiger partial charge in [-0.1, -0.05) is 0 Å². The van der Waals surface area contributed by atoms with E-state index in [1.54, 1.807) is 0 Å². The smallest absolute Gasteiger partial charge is 0.272 e. The average molecular weight is 348 g/mol. The fourth-order valence-electron chi connectivity index (χ4n) is 4.21. The Morgan fingerprint density at radius 2 is 1.96 bits per heavy atom. The van der Waals surface area contributed by atoms with Crippen molar-refractivity contribution in [2.24, 2.45) is 0 Å². The van der Waals surface area contributed by atoms with Crippen LogP contribution in [0.25, 0.3) is 0 Å². The number of fused-ring (bicyclic) bond motifs is 1. The molecule has 1 aromatic heterocycles. The summed E-state index contributed by atoms with van der Waals surface area (Å²) < 4.78 is 13.2. The molecule has 0 aromatic carbocycles. The van der Waals surface area contributed by atoms with Crippen LogP contribution in [0.3, 0.4) is 0 Å². The molecule has 0 radical (unpaired) electrons. The van der Waals surface area contributed by atoms with Gasteiger partial charge in [-0.05, 0) is 20.8 Å². The Morgan fingerprint density at radius 1 is 1.24 bits per heavy atom. The highest BCUT2D eigenvalue weighted by Crippen LogP contribution is 2.32. The molecule has 25 heavy (non-hydrogen) atoms. The van der Waals surface area contributed by atoms with E-state index in [9.17, 15) is 4.79 Å². The SMILES string of the molecule is CCn1nc2c(c1C(=O)N1CC(N3CCOCC3)C1)C[C@H](C)O[C@@H]2C. The predicted octanol–water partition coefficient (Wildman–Crippen LogP) is 1.08. The molecule has 7 heteroatoms. The standard InChI is InChI=1S/C18H28N4O3/c1-4-22-17(15-9-12(2)25-13(3)16(15)19-22)18(23)21-10-14(11-21)20-5-7-24-8-6-20/h12-14H,4-11H2,1-3H3/t12-,13+/m0/s1. The van der Waals surface area contributed by atoms with Crippen molar-refractivity contribution in [1.82, 2.24) is 19.6 Å². The van der Waals surface area contributed by atoms with Gasteiger partial charge in [0.25, 0.3) is 5.91 Å². The van der Waals surface area contributed by atoms with E-state index in [4.69, 9.17) is 9.47 Å². The van der Waals surface area contributed by atoms with Crippen molar-refractivity contribution in [2.45, 2.75) is 52.0 Å². The van der Waals surface area contributed by atoms with E-state index in [0.717, 1.165) is 62.8 Å². The minimum atomic E-state index is -0.0458. The molecule has 138 valence electrons. The van der Waals surface area contributed by atoms with Crippen molar-refractivity contribution < 1.29 is 14.3 Å². The molecule has 4 rings (SSSR count). The monoisotopic (exact) mass is 348 g/mol. The van der Waals surface area contributed by atoms with Gasteiger partial charge in [0, 0.05) is 50.7 Å². The van der Waals surface area contributed by atoms with Crippen molar-refractivity contribution >= 4 is 5.91 Å². The van der Waals surface area contributed by atoms with E-state index in [1.807, 2.05) is 23.4 Å². The summed E-state index contributed by atoms with van der Waals surface area (Å²) in [5.41, 5.74) is 2.81. The lowest BCUT2D eigenvalue weighted by Gasteiger charge is -2.46. The molecular weight excluding hydrogens is 320 g/mol. The lowest BCUT2D eigenvalue weighted by Crippen LogP contribution is -2.63. The van der Waals surface area contributed by atoms with E-state index in [-0.39, 0.29) is 18.1 Å². The molecule has 2 saturated heterocycles. The van der Waals surface area contributed by atoms with Crippen LogP contribution in [0.1, 0.15) is 48.6 Å². The maximum absolute atomic E-state index is 13.2. The number of amides is 1. The molecule has 2 fully saturated rings. The first-order valence-corrected chi connectivity index (χ1v) is 9.44. The summed E-state index contributed by atoms with van der Waals surface area (Å²) in [5.74, 6) is 0.126. The minimum absolute atomic E-state index is 0.0458. The molecule has 0 saturated carbocycles. The first kappa shape index (κ1) is 17.0. The van der Waals surface area contributed by atoms with Gasteiger partial charge in [-0.15, -0.1) is 0 Å². The summed E-state index contributed by atoms with van der Waals surface area (Å²) in [6, 6.07) is 0.475. The molecule has 1 amide bonds. The fraction of sp³-hybridized carbons (Fsp3) is 0.778. The first-order valence-electron chi connectivity index (χ1n) is 9.44. The first-order chi connectivity index (χ1) is 12.1. The van der Waals surface area contributed by atoms with Crippen molar-refractivity contribution in [2.75, 3.05) is 39.4 Å². The lowest BCUT2D eigenvalue weighted by molar-refractivity contribution is -0.0260. The molecule has 0 bridgehead atoms. The zero-order valence-electron chi connectivity index (χ0n) is 15.4. The van der Waals surface area contributed by atoms with E-state index < -0.39 is 0 Å². The highest BCUT2D eigenvalue weighted by molar-refractivity contribution is 5.95. The number of carbonyl (C=O) groups is 1. The second kappa shape index (κ2) is 6.70. The van der Waals surface area contributed by atoms with Crippen LogP contribution in [0.5, 0.6) is 0 Å². The number of ether oxygens (including phenoxy) is 2. The van der Waals surface area contributed by atoms with Gasteiger partial charge >= 0.3 is 0 Å². The third-order valence-corrected chi connectivity index (χ3v) is 5.61. The Labute approximate surface area is 148 Å². The predicted molar refractivity (Wildman–Crippen MR) is 92.7 cm³/mol. The van der Waals surface area contributed by atoms with Crippen LogP contribution < -0.4 is 0 Å². The van der Waals surface area contributed by atoms with E-state index >= 15 is 0 Å². The minimum Gasteiger partial charge on any atom is -0.379 e. The van der Waals surface area contributed by atoms with Crippen molar-refractivity contribution in [1.29, 1.82) is 0 Å². The third-order valence-electron chi connectivity index (χ3n) is 5.61. The van der Waals surface area contributed by atoms with Gasteiger partial charge in [0.2, 0.25) is 0 Å². The maximum atomic E-state index is 13.2. The van der Waals surface area contributed by atoms with E-state index in [1.165, 1.54) is 0 Å². The normalized spacial score (nSPS) is 27.9. The number of aromatic nitrogens is 2. The number of hydrogen-bond donors (Lipinski definition) is 0. The van der Waals surface area contributed by atoms with Crippen molar-refractivity contribution in [3.8, 4) is 0 Å². The van der Waals surface area contributed by atoms with Gasteiger partial charge in [-0.3, -0.25) is 14.4 Å². The van der Waals surface area contributed by atoms with Crippen LogP contribution >= 0.6 is 0 Å². The van der Waals surface area contributed by atoms with Crippen molar-refractivity contribution in [3.05, 3.63) is 17.0 Å². The number of rotatable bonds is 3. The highest BCUT2D eigenvalue weighted by Gasteiger charge is 2.39. The second-order valence-corrected chi connectivity index (χ2v) is 7.33. The van der Waals surface area contributed by atoms with Crippen LogP contribution in [-0.4, -0.2) is 77.0 Å². The molecular formula is C18H28N4O3. The summed E-state index contributed by atoms with van der Waals surface area (Å²) in [7, 11) is 0. The molecule has 3 aliphatic heterocycles. The molecule has 0 N–H and O–H groups in total. The topological polar surface area (TPSA) is 59.8 Å². The van der Waals surface area contributed by atoms with Gasteiger partial charge in [0.05, 0.1) is 31.1 Å². The Hall–Kier alpha value is -1.44. The van der Waals surface area contributed by atoms with Crippen LogP contribution in [0.2, 0.25) is 0 Å². The molecule has 3 aliphatic rings. The van der Waals surface area contributed by atoms with E-state index in [2.05, 4.69) is 16.9 Å². The largest absolute Gasteiger partial charge is 0.379 e. The van der Waals surface area contributed by atoms with Gasteiger partial charge in [-0.25, -0.2) is 0 Å². The highest BCUT2D eigenvalue weighted by atomic mass is 16.5. The zero-order valence-corrected chi connectivity index (χ0v) is 15.4. The summed E-state index contributed by atoms with van der Waals surface area (Å²) in [5, 5.41) is 4.67. The number of hydrogen-bond acceptors (Lipinski definition) is 5. The maximum Gasteiger partial charge on any atom is 0.272 e. The Bertz CT molecular complexity index is 647. The third kappa shape index (κ3) is 2.98. The summed E-state index contributed by atoms with van der Waals surface area (Å²) in [6.45, 7) is 12.0. The number of morpholine rings is 1. The number of carbonyl (C=O) groups excluding carboxylic acids is 1. The van der Waals surface area contributed by atoms with Crippen LogP contribution in [-0.2, 0) is 22.4 Å². The Balaban J connectivity index is 1.51. The summed E-state index contributed by atoms with van der Waals surface area (Å²) in [6.07, 6.45) is 0.846. The molecule has 4 heterocycles. The van der Waals surface area contributed by atoms with Crippen LogP contribution in [0.4, 0.5) is 0 Å². The average Bonchev–Trinajstić information content (AvgIpc) is 2.93. The van der Waals surface area contributed by atoms with Gasteiger partial charge in [0.1, 0.15) is 5.69 Å². The number of likely N-dealkylation sites (tertiary alicyclic amines) is 1. The lowest BCUT2D eigenvalue weighted by atomic mass is 9.98. The molecule has 0 spiro atoms. The zero-order chi connectivity index (χ0) is 17.6.